The average Bonchev–Trinajstić information content (AvgIpc) is 2.96. The molecule has 1 atom stereocenters. The molecule has 0 amide bonds. The quantitative estimate of drug-likeness (QED) is 0.794. The standard InChI is InChI=1S/C13H19BrN2O4S.ClH/c1-19-11-5-10(14)13(6-12(11)20-2)21(17,18)16-4-3-9(7-15)8-16;/h5-6,9H,3-4,7-8,15H2,1-2H3;1H. The second kappa shape index (κ2) is 7.83. The summed E-state index contributed by atoms with van der Waals surface area (Å²) >= 11 is 3.30. The summed E-state index contributed by atoms with van der Waals surface area (Å²) in [6.45, 7) is 1.45. The van der Waals surface area contributed by atoms with Crippen LogP contribution in [-0.4, -0.2) is 46.6 Å². The van der Waals surface area contributed by atoms with Gasteiger partial charge in [-0.1, -0.05) is 0 Å². The predicted molar refractivity (Wildman–Crippen MR) is 90.4 cm³/mol. The van der Waals surface area contributed by atoms with Crippen molar-refractivity contribution in [2.45, 2.75) is 11.3 Å². The summed E-state index contributed by atoms with van der Waals surface area (Å²) in [4.78, 5) is 0.179. The molecule has 0 radical (unpaired) electrons. The molecule has 0 aliphatic carbocycles. The minimum absolute atomic E-state index is 0. The predicted octanol–water partition coefficient (Wildman–Crippen LogP) is 1.86. The highest BCUT2D eigenvalue weighted by atomic mass is 79.9. The molecule has 0 saturated carbocycles. The van der Waals surface area contributed by atoms with E-state index < -0.39 is 10.0 Å². The Morgan fingerprint density at radius 2 is 1.91 bits per heavy atom. The fraction of sp³-hybridized carbons (Fsp3) is 0.538. The Hall–Kier alpha value is -0.540. The zero-order valence-electron chi connectivity index (χ0n) is 12.4. The Bertz CT molecular complexity index is 627. The number of nitrogens with two attached hydrogens (primary N) is 1. The molecule has 9 heteroatoms. The molecule has 1 heterocycles. The Morgan fingerprint density at radius 1 is 1.32 bits per heavy atom. The molecule has 6 nitrogen and oxygen atoms in total. The first-order chi connectivity index (χ1) is 9.93. The first-order valence-electron chi connectivity index (χ1n) is 6.55. The van der Waals surface area contributed by atoms with Crippen LogP contribution in [0.5, 0.6) is 11.5 Å². The molecule has 0 spiro atoms. The number of nitrogens with zero attached hydrogens (tertiary/aromatic N) is 1. The van der Waals surface area contributed by atoms with Crippen LogP contribution in [0, 0.1) is 5.92 Å². The van der Waals surface area contributed by atoms with Crippen LogP contribution < -0.4 is 15.2 Å². The van der Waals surface area contributed by atoms with Crippen LogP contribution in [-0.2, 0) is 10.0 Å². The van der Waals surface area contributed by atoms with Crippen LogP contribution >= 0.6 is 28.3 Å². The fourth-order valence-corrected chi connectivity index (χ4v) is 4.91. The molecule has 1 saturated heterocycles. The summed E-state index contributed by atoms with van der Waals surface area (Å²) < 4.78 is 37.8. The lowest BCUT2D eigenvalue weighted by molar-refractivity contribution is 0.353. The van der Waals surface area contributed by atoms with E-state index in [1.165, 1.54) is 24.6 Å². The van der Waals surface area contributed by atoms with Gasteiger partial charge in [0.25, 0.3) is 0 Å². The fourth-order valence-electron chi connectivity index (χ4n) is 2.38. The van der Waals surface area contributed by atoms with E-state index in [0.29, 0.717) is 35.6 Å². The largest absolute Gasteiger partial charge is 0.493 e. The third-order valence-electron chi connectivity index (χ3n) is 3.64. The van der Waals surface area contributed by atoms with E-state index in [2.05, 4.69) is 15.9 Å². The summed E-state index contributed by atoms with van der Waals surface area (Å²) in [5.74, 6) is 1.08. The number of benzene rings is 1. The molecule has 0 bridgehead atoms. The van der Waals surface area contributed by atoms with Crippen LogP contribution in [0.25, 0.3) is 0 Å². The van der Waals surface area contributed by atoms with Gasteiger partial charge in [-0.15, -0.1) is 12.4 Å². The van der Waals surface area contributed by atoms with Crippen molar-refractivity contribution in [1.29, 1.82) is 0 Å². The van der Waals surface area contributed by atoms with Crippen molar-refractivity contribution in [2.24, 2.45) is 11.7 Å². The molecule has 1 aliphatic heterocycles. The summed E-state index contributed by atoms with van der Waals surface area (Å²) in [5, 5.41) is 0. The lowest BCUT2D eigenvalue weighted by Crippen LogP contribution is -2.30. The molecule has 126 valence electrons. The Kier molecular flexibility index (Phi) is 6.94. The van der Waals surface area contributed by atoms with E-state index in [-0.39, 0.29) is 23.2 Å². The van der Waals surface area contributed by atoms with Gasteiger partial charge in [0.15, 0.2) is 11.5 Å². The van der Waals surface area contributed by atoms with Crippen molar-refractivity contribution in [3.8, 4) is 11.5 Å². The highest BCUT2D eigenvalue weighted by Crippen LogP contribution is 2.37. The second-order valence-electron chi connectivity index (χ2n) is 4.89. The van der Waals surface area contributed by atoms with Gasteiger partial charge in [-0.3, -0.25) is 0 Å². The van der Waals surface area contributed by atoms with Crippen LogP contribution in [0.3, 0.4) is 0 Å². The monoisotopic (exact) mass is 414 g/mol. The van der Waals surface area contributed by atoms with Gasteiger partial charge in [-0.25, -0.2) is 8.42 Å². The van der Waals surface area contributed by atoms with Crippen LogP contribution in [0.15, 0.2) is 21.5 Å². The van der Waals surface area contributed by atoms with E-state index in [0.717, 1.165) is 6.42 Å². The smallest absolute Gasteiger partial charge is 0.244 e. The molecule has 0 aromatic heterocycles. The molecule has 22 heavy (non-hydrogen) atoms. The summed E-state index contributed by atoms with van der Waals surface area (Å²) in [6, 6.07) is 3.08. The van der Waals surface area contributed by atoms with Crippen LogP contribution in [0.4, 0.5) is 0 Å². The topological polar surface area (TPSA) is 81.9 Å². The van der Waals surface area contributed by atoms with E-state index in [4.69, 9.17) is 15.2 Å². The van der Waals surface area contributed by atoms with E-state index in [9.17, 15) is 8.42 Å². The molecule has 1 aromatic rings. The molecule has 2 rings (SSSR count). The molecule has 2 N–H and O–H groups in total. The summed E-state index contributed by atoms with van der Waals surface area (Å²) in [7, 11) is -0.595. The van der Waals surface area contributed by atoms with Gasteiger partial charge >= 0.3 is 0 Å². The van der Waals surface area contributed by atoms with Crippen molar-refractivity contribution < 1.29 is 17.9 Å². The maximum Gasteiger partial charge on any atom is 0.244 e. The van der Waals surface area contributed by atoms with Crippen molar-refractivity contribution in [1.82, 2.24) is 4.31 Å². The Morgan fingerprint density at radius 3 is 2.41 bits per heavy atom. The zero-order valence-corrected chi connectivity index (χ0v) is 15.6. The number of ether oxygens (including phenoxy) is 2. The number of hydrogen-bond acceptors (Lipinski definition) is 5. The van der Waals surface area contributed by atoms with Gasteiger partial charge in [0.05, 0.1) is 14.2 Å². The van der Waals surface area contributed by atoms with Crippen LogP contribution in [0.1, 0.15) is 6.42 Å². The molecule has 1 aromatic carbocycles. The molecule has 1 fully saturated rings. The SMILES string of the molecule is COc1cc(Br)c(S(=O)(=O)N2CCC(CN)C2)cc1OC.Cl. The lowest BCUT2D eigenvalue weighted by atomic mass is 10.1. The van der Waals surface area contributed by atoms with Gasteiger partial charge in [0, 0.05) is 23.6 Å². The number of hydrogen-bond donors (Lipinski definition) is 1. The van der Waals surface area contributed by atoms with Crippen molar-refractivity contribution in [2.75, 3.05) is 33.9 Å². The molecule has 1 aliphatic rings. The van der Waals surface area contributed by atoms with Crippen molar-refractivity contribution in [3.63, 3.8) is 0 Å². The van der Waals surface area contributed by atoms with E-state index >= 15 is 0 Å². The third-order valence-corrected chi connectivity index (χ3v) is 6.46. The second-order valence-corrected chi connectivity index (χ2v) is 7.65. The molecular formula is C13H20BrClN2O4S. The number of rotatable bonds is 5. The number of methoxy groups -OCH3 is 2. The normalized spacial score (nSPS) is 18.8. The van der Waals surface area contributed by atoms with Gasteiger partial charge in [-0.05, 0) is 40.9 Å². The zero-order chi connectivity index (χ0) is 15.6. The Balaban J connectivity index is 0.00000242. The maximum absolute atomic E-state index is 12.7. The minimum Gasteiger partial charge on any atom is -0.493 e. The summed E-state index contributed by atoms with van der Waals surface area (Å²) in [6.07, 6.45) is 0.792. The maximum atomic E-state index is 12.7. The molecular weight excluding hydrogens is 396 g/mol. The van der Waals surface area contributed by atoms with Gasteiger partial charge < -0.3 is 15.2 Å². The third kappa shape index (κ3) is 3.68. The van der Waals surface area contributed by atoms with Crippen molar-refractivity contribution >= 4 is 38.4 Å². The van der Waals surface area contributed by atoms with Gasteiger partial charge in [-0.2, -0.15) is 4.31 Å². The number of sulfonamides is 1. The van der Waals surface area contributed by atoms with Gasteiger partial charge in [0.1, 0.15) is 4.90 Å². The lowest BCUT2D eigenvalue weighted by Gasteiger charge is -2.19. The van der Waals surface area contributed by atoms with Gasteiger partial charge in [0.2, 0.25) is 10.0 Å². The minimum atomic E-state index is -3.57. The first-order valence-corrected chi connectivity index (χ1v) is 8.79. The highest BCUT2D eigenvalue weighted by molar-refractivity contribution is 9.10. The van der Waals surface area contributed by atoms with Crippen LogP contribution in [0.2, 0.25) is 0 Å². The molecule has 1 unspecified atom stereocenters. The highest BCUT2D eigenvalue weighted by Gasteiger charge is 2.33. The van der Waals surface area contributed by atoms with E-state index in [1.54, 1.807) is 6.07 Å². The van der Waals surface area contributed by atoms with E-state index in [1.807, 2.05) is 0 Å². The Labute approximate surface area is 145 Å². The first kappa shape index (κ1) is 19.5. The average molecular weight is 416 g/mol. The summed E-state index contributed by atoms with van der Waals surface area (Å²) in [5.41, 5.74) is 5.62. The number of halogens is 2. The van der Waals surface area contributed by atoms with Crippen molar-refractivity contribution in [3.05, 3.63) is 16.6 Å².